The molecule has 1 fully saturated rings. The maximum atomic E-state index is 13.2. The molecule has 1 saturated heterocycles. The van der Waals surface area contributed by atoms with E-state index in [2.05, 4.69) is 5.32 Å². The third-order valence-corrected chi connectivity index (χ3v) is 6.98. The van der Waals surface area contributed by atoms with Crippen LogP contribution in [-0.2, 0) is 21.4 Å². The number of carbonyl (C=O) groups is 2. The molecular formula is C27H25N3O5. The molecule has 3 atom stereocenters. The quantitative estimate of drug-likeness (QED) is 0.397. The largest absolute Gasteiger partial charge is 0.394 e. The maximum absolute atomic E-state index is 13.2. The highest BCUT2D eigenvalue weighted by Crippen LogP contribution is 2.40. The molecule has 6 rings (SSSR count). The van der Waals surface area contributed by atoms with Crippen molar-refractivity contribution in [2.75, 3.05) is 6.61 Å². The summed E-state index contributed by atoms with van der Waals surface area (Å²) in [4.78, 5) is 26.3. The Morgan fingerprint density at radius 3 is 2.20 bits per heavy atom. The first-order valence-electron chi connectivity index (χ1n) is 11.6. The Morgan fingerprint density at radius 1 is 0.914 bits per heavy atom. The van der Waals surface area contributed by atoms with Crippen LogP contribution in [0.15, 0.2) is 60.9 Å². The zero-order chi connectivity index (χ0) is 24.3. The van der Waals surface area contributed by atoms with E-state index < -0.39 is 30.3 Å². The molecule has 4 aromatic rings. The molecule has 3 N–H and O–H groups in total. The highest BCUT2D eigenvalue weighted by atomic mass is 16.5. The molecule has 8 nitrogen and oxygen atoms in total. The smallest absolute Gasteiger partial charge is 0.259 e. The van der Waals surface area contributed by atoms with E-state index in [1.54, 1.807) is 0 Å². The minimum absolute atomic E-state index is 0.188. The van der Waals surface area contributed by atoms with Crippen LogP contribution in [0.3, 0.4) is 0 Å². The second-order valence-corrected chi connectivity index (χ2v) is 9.19. The monoisotopic (exact) mass is 471 g/mol. The van der Waals surface area contributed by atoms with Gasteiger partial charge in [0.25, 0.3) is 11.8 Å². The number of nitrogens with one attached hydrogen (secondary N) is 1. The summed E-state index contributed by atoms with van der Waals surface area (Å²) in [6.45, 7) is -0.188. The van der Waals surface area contributed by atoms with Gasteiger partial charge in [0.2, 0.25) is 0 Å². The molecule has 0 spiro atoms. The zero-order valence-electron chi connectivity index (χ0n) is 19.1. The maximum Gasteiger partial charge on any atom is 0.259 e. The highest BCUT2D eigenvalue weighted by molar-refractivity contribution is 6.50. The van der Waals surface area contributed by atoms with Gasteiger partial charge in [0, 0.05) is 59.7 Å². The van der Waals surface area contributed by atoms with E-state index in [9.17, 15) is 19.8 Å². The number of amides is 2. The topological polar surface area (TPSA) is 106 Å². The van der Waals surface area contributed by atoms with Crippen LogP contribution in [0, 0.1) is 0 Å². The Bertz CT molecular complexity index is 1530. The van der Waals surface area contributed by atoms with Crippen LogP contribution < -0.4 is 5.32 Å². The Labute approximate surface area is 201 Å². The molecule has 178 valence electrons. The number of para-hydroxylation sites is 2. The highest BCUT2D eigenvalue weighted by Gasteiger charge is 2.36. The SMILES string of the molecule is Cn1cc(C2=C(c3cn([C@@H]4C[C@@H](O)C[C@@H](CO)O4)c4ccccc34)C(=O)NC2=O)c2ccccc21. The summed E-state index contributed by atoms with van der Waals surface area (Å²) < 4.78 is 9.90. The summed E-state index contributed by atoms with van der Waals surface area (Å²) in [5.74, 6) is -0.874. The van der Waals surface area contributed by atoms with Crippen molar-refractivity contribution in [1.82, 2.24) is 14.5 Å². The van der Waals surface area contributed by atoms with Crippen LogP contribution in [-0.4, -0.2) is 50.0 Å². The number of aliphatic hydroxyl groups is 2. The van der Waals surface area contributed by atoms with Crippen molar-refractivity contribution in [2.24, 2.45) is 7.05 Å². The van der Waals surface area contributed by atoms with E-state index in [-0.39, 0.29) is 6.61 Å². The first-order valence-corrected chi connectivity index (χ1v) is 11.6. The van der Waals surface area contributed by atoms with E-state index in [0.717, 1.165) is 21.8 Å². The molecule has 2 aliphatic heterocycles. The standard InChI is InChI=1S/C27H25N3O5/c1-29-12-19(17-6-2-4-8-21(17)29)24-25(27(34)28-26(24)33)20-13-30(22-9-5-3-7-18(20)22)23-11-15(32)10-16(14-31)35-23/h2-9,12-13,15-16,23,31-32H,10-11,14H2,1H3,(H,28,33,34)/t15-,16-,23-/m0/s1. The van der Waals surface area contributed by atoms with Crippen LogP contribution in [0.5, 0.6) is 0 Å². The molecule has 0 saturated carbocycles. The van der Waals surface area contributed by atoms with Gasteiger partial charge < -0.3 is 24.1 Å². The molecule has 35 heavy (non-hydrogen) atoms. The average molecular weight is 472 g/mol. The lowest BCUT2D eigenvalue weighted by atomic mass is 9.95. The van der Waals surface area contributed by atoms with Gasteiger partial charge in [-0.3, -0.25) is 14.9 Å². The number of imide groups is 1. The number of benzene rings is 2. The lowest BCUT2D eigenvalue weighted by Gasteiger charge is -2.33. The van der Waals surface area contributed by atoms with E-state index >= 15 is 0 Å². The molecule has 8 heteroatoms. The molecule has 2 amide bonds. The summed E-state index contributed by atoms with van der Waals surface area (Å²) in [6.07, 6.45) is 2.81. The van der Waals surface area contributed by atoms with Crippen LogP contribution in [0.2, 0.25) is 0 Å². The summed E-state index contributed by atoms with van der Waals surface area (Å²) >= 11 is 0. The van der Waals surface area contributed by atoms with E-state index in [1.165, 1.54) is 0 Å². The van der Waals surface area contributed by atoms with Crippen LogP contribution in [0.25, 0.3) is 33.0 Å². The normalized spacial score (nSPS) is 23.0. The predicted molar refractivity (Wildman–Crippen MR) is 131 cm³/mol. The van der Waals surface area contributed by atoms with Crippen LogP contribution in [0.1, 0.15) is 30.2 Å². The van der Waals surface area contributed by atoms with Gasteiger partial charge in [0.1, 0.15) is 6.23 Å². The molecule has 2 aromatic carbocycles. The number of aromatic nitrogens is 2. The first-order chi connectivity index (χ1) is 17.0. The number of ether oxygens (including phenoxy) is 1. The number of aryl methyl sites for hydroxylation is 1. The Balaban J connectivity index is 1.58. The number of nitrogens with zero attached hydrogens (tertiary/aromatic N) is 2. The third kappa shape index (κ3) is 3.41. The minimum Gasteiger partial charge on any atom is -0.394 e. The first kappa shape index (κ1) is 21.8. The summed E-state index contributed by atoms with van der Waals surface area (Å²) in [7, 11) is 1.91. The fourth-order valence-corrected chi connectivity index (χ4v) is 5.41. The second kappa shape index (κ2) is 8.20. The van der Waals surface area contributed by atoms with Gasteiger partial charge in [-0.1, -0.05) is 36.4 Å². The predicted octanol–water partition coefficient (Wildman–Crippen LogP) is 2.73. The molecule has 2 aliphatic rings. The van der Waals surface area contributed by atoms with Crippen molar-refractivity contribution in [3.63, 3.8) is 0 Å². The molecule has 0 radical (unpaired) electrons. The number of fused-ring (bicyclic) bond motifs is 2. The molecule has 0 unspecified atom stereocenters. The van der Waals surface area contributed by atoms with Gasteiger partial charge in [0.05, 0.1) is 35.5 Å². The Kier molecular flexibility index (Phi) is 5.10. The lowest BCUT2D eigenvalue weighted by Crippen LogP contribution is -2.35. The number of hydrogen-bond acceptors (Lipinski definition) is 5. The molecule has 2 aromatic heterocycles. The van der Waals surface area contributed by atoms with E-state index in [1.807, 2.05) is 77.1 Å². The Morgan fingerprint density at radius 2 is 1.51 bits per heavy atom. The van der Waals surface area contributed by atoms with E-state index in [0.29, 0.717) is 35.1 Å². The van der Waals surface area contributed by atoms with Crippen molar-refractivity contribution in [3.05, 3.63) is 72.1 Å². The average Bonchev–Trinajstić information content (AvgIpc) is 3.49. The summed E-state index contributed by atoms with van der Waals surface area (Å²) in [5.41, 5.74) is 3.75. The van der Waals surface area contributed by atoms with Crippen molar-refractivity contribution < 1.29 is 24.5 Å². The second-order valence-electron chi connectivity index (χ2n) is 9.19. The molecule has 0 aliphatic carbocycles. The molecular weight excluding hydrogens is 446 g/mol. The van der Waals surface area contributed by atoms with Gasteiger partial charge in [-0.05, 0) is 12.1 Å². The zero-order valence-corrected chi connectivity index (χ0v) is 19.1. The number of aliphatic hydroxyl groups excluding tert-OH is 2. The fourth-order valence-electron chi connectivity index (χ4n) is 5.41. The van der Waals surface area contributed by atoms with Crippen molar-refractivity contribution in [2.45, 2.75) is 31.3 Å². The van der Waals surface area contributed by atoms with Gasteiger partial charge in [-0.25, -0.2) is 0 Å². The summed E-state index contributed by atoms with van der Waals surface area (Å²) in [6, 6.07) is 15.4. The summed E-state index contributed by atoms with van der Waals surface area (Å²) in [5, 5.41) is 24.2. The molecule has 4 heterocycles. The van der Waals surface area contributed by atoms with E-state index in [4.69, 9.17) is 4.74 Å². The van der Waals surface area contributed by atoms with Gasteiger partial charge >= 0.3 is 0 Å². The minimum atomic E-state index is -0.614. The number of hydrogen-bond donors (Lipinski definition) is 3. The van der Waals surface area contributed by atoms with Gasteiger partial charge in [0.15, 0.2) is 0 Å². The van der Waals surface area contributed by atoms with Gasteiger partial charge in [-0.2, -0.15) is 0 Å². The van der Waals surface area contributed by atoms with Gasteiger partial charge in [-0.15, -0.1) is 0 Å². The fraction of sp³-hybridized carbons (Fsp3) is 0.259. The van der Waals surface area contributed by atoms with Crippen LogP contribution >= 0.6 is 0 Å². The third-order valence-electron chi connectivity index (χ3n) is 6.98. The number of rotatable bonds is 4. The van der Waals surface area contributed by atoms with Crippen LogP contribution in [0.4, 0.5) is 0 Å². The molecule has 0 bridgehead atoms. The lowest BCUT2D eigenvalue weighted by molar-refractivity contribution is -0.140. The number of carbonyl (C=O) groups excluding carboxylic acids is 2. The van der Waals surface area contributed by atoms with Crippen molar-refractivity contribution in [1.29, 1.82) is 0 Å². The Hall–Kier alpha value is -3.72. The van der Waals surface area contributed by atoms with Crippen molar-refractivity contribution in [3.8, 4) is 0 Å². The van der Waals surface area contributed by atoms with Crippen molar-refractivity contribution >= 4 is 44.8 Å².